The average Bonchev–Trinajstić information content (AvgIpc) is 2.75. The van der Waals surface area contributed by atoms with Crippen LogP contribution in [0.4, 0.5) is 8.78 Å². The topological polar surface area (TPSA) is 55.8 Å². The second kappa shape index (κ2) is 9.94. The van der Waals surface area contributed by atoms with Crippen LogP contribution < -0.4 is 4.74 Å². The van der Waals surface area contributed by atoms with Crippen molar-refractivity contribution in [3.8, 4) is 5.75 Å². The number of amides is 1. The molecule has 0 saturated carbocycles. The van der Waals surface area contributed by atoms with Crippen molar-refractivity contribution < 1.29 is 27.8 Å². The Balaban J connectivity index is 2.03. The molecule has 32 heavy (non-hydrogen) atoms. The van der Waals surface area contributed by atoms with E-state index in [4.69, 9.17) is 9.47 Å². The molecule has 0 fully saturated rings. The van der Waals surface area contributed by atoms with E-state index in [0.717, 1.165) is 17.7 Å². The molecule has 1 unspecified atom stereocenters. The van der Waals surface area contributed by atoms with Gasteiger partial charge < -0.3 is 14.4 Å². The first-order valence-electron chi connectivity index (χ1n) is 10.5. The van der Waals surface area contributed by atoms with E-state index in [1.54, 1.807) is 32.2 Å². The molecule has 2 aromatic carbocycles. The molecule has 2 aromatic rings. The Morgan fingerprint density at radius 2 is 1.94 bits per heavy atom. The number of hydrogen-bond acceptors (Lipinski definition) is 4. The zero-order valence-corrected chi connectivity index (χ0v) is 18.7. The van der Waals surface area contributed by atoms with Crippen molar-refractivity contribution in [3.05, 3.63) is 76.5 Å². The lowest BCUT2D eigenvalue weighted by Crippen LogP contribution is -2.38. The summed E-state index contributed by atoms with van der Waals surface area (Å²) in [5, 5.41) is 0. The van der Waals surface area contributed by atoms with Gasteiger partial charge in [-0.1, -0.05) is 32.0 Å². The summed E-state index contributed by atoms with van der Waals surface area (Å²) >= 11 is 0. The van der Waals surface area contributed by atoms with E-state index >= 15 is 0 Å². The maximum Gasteiger partial charge on any atom is 0.336 e. The third kappa shape index (κ3) is 5.15. The quantitative estimate of drug-likeness (QED) is 0.568. The molecular weight excluding hydrogens is 416 g/mol. The summed E-state index contributed by atoms with van der Waals surface area (Å²) in [5.41, 5.74) is 1.66. The SMILES string of the molecule is COc1cccc(C2CC(=O)N(Cc3ccc(F)cc3F)C(C)=C2C(=O)OCC(C)C)c1. The number of allylic oxidation sites excluding steroid dienone is 1. The Hall–Kier alpha value is -3.22. The first-order chi connectivity index (χ1) is 15.2. The first-order valence-corrected chi connectivity index (χ1v) is 10.5. The van der Waals surface area contributed by atoms with E-state index in [1.807, 2.05) is 19.9 Å². The predicted octanol–water partition coefficient (Wildman–Crippen LogP) is 4.96. The van der Waals surface area contributed by atoms with Crippen LogP contribution >= 0.6 is 0 Å². The van der Waals surface area contributed by atoms with Crippen LogP contribution in [0.5, 0.6) is 5.75 Å². The molecule has 3 rings (SSSR count). The molecule has 0 saturated heterocycles. The third-order valence-electron chi connectivity index (χ3n) is 5.43. The van der Waals surface area contributed by atoms with Gasteiger partial charge in [0.05, 0.1) is 25.8 Å². The van der Waals surface area contributed by atoms with Gasteiger partial charge in [-0.25, -0.2) is 13.6 Å². The van der Waals surface area contributed by atoms with Crippen molar-refractivity contribution >= 4 is 11.9 Å². The standard InChI is InChI=1S/C25H27F2NO4/c1-15(2)14-32-25(30)24-16(3)28(13-18-8-9-19(26)11-22(18)27)23(29)12-21(24)17-6-5-7-20(10-17)31-4/h5-11,15,21H,12-14H2,1-4H3. The highest BCUT2D eigenvalue weighted by atomic mass is 19.1. The van der Waals surface area contributed by atoms with Gasteiger partial charge in [0.15, 0.2) is 0 Å². The van der Waals surface area contributed by atoms with Crippen molar-refractivity contribution in [3.63, 3.8) is 0 Å². The molecule has 0 bridgehead atoms. The van der Waals surface area contributed by atoms with Crippen molar-refractivity contribution in [2.75, 3.05) is 13.7 Å². The van der Waals surface area contributed by atoms with Crippen LogP contribution in [0, 0.1) is 17.6 Å². The number of esters is 1. The number of ether oxygens (including phenoxy) is 2. The van der Waals surface area contributed by atoms with Crippen LogP contribution in [0.1, 0.15) is 44.2 Å². The van der Waals surface area contributed by atoms with Gasteiger partial charge in [-0.3, -0.25) is 4.79 Å². The number of hydrogen-bond donors (Lipinski definition) is 0. The Morgan fingerprint density at radius 1 is 1.19 bits per heavy atom. The summed E-state index contributed by atoms with van der Waals surface area (Å²) in [6.07, 6.45) is 0.0133. The highest BCUT2D eigenvalue weighted by Gasteiger charge is 2.37. The first kappa shape index (κ1) is 23.4. The number of carbonyl (C=O) groups is 2. The molecule has 1 aliphatic heterocycles. The number of carbonyl (C=O) groups excluding carboxylic acids is 2. The highest BCUT2D eigenvalue weighted by molar-refractivity contribution is 5.95. The Bertz CT molecular complexity index is 1050. The molecule has 5 nitrogen and oxygen atoms in total. The summed E-state index contributed by atoms with van der Waals surface area (Å²) in [7, 11) is 1.54. The van der Waals surface area contributed by atoms with Crippen LogP contribution in [0.3, 0.4) is 0 Å². The fourth-order valence-corrected chi connectivity index (χ4v) is 3.75. The minimum absolute atomic E-state index is 0.0133. The largest absolute Gasteiger partial charge is 0.497 e. The second-order valence-electron chi connectivity index (χ2n) is 8.24. The lowest BCUT2D eigenvalue weighted by atomic mass is 9.83. The van der Waals surface area contributed by atoms with Crippen molar-refractivity contribution in [1.29, 1.82) is 0 Å². The monoisotopic (exact) mass is 443 g/mol. The van der Waals surface area contributed by atoms with Gasteiger partial charge in [0, 0.05) is 29.7 Å². The maximum atomic E-state index is 14.3. The van der Waals surface area contributed by atoms with Gasteiger partial charge in [0.2, 0.25) is 5.91 Å². The molecule has 0 radical (unpaired) electrons. The smallest absolute Gasteiger partial charge is 0.336 e. The van der Waals surface area contributed by atoms with Gasteiger partial charge in [0.1, 0.15) is 17.4 Å². The molecule has 7 heteroatoms. The molecule has 0 aromatic heterocycles. The number of methoxy groups -OCH3 is 1. The zero-order chi connectivity index (χ0) is 23.4. The molecule has 0 N–H and O–H groups in total. The lowest BCUT2D eigenvalue weighted by Gasteiger charge is -2.34. The molecule has 0 spiro atoms. The molecule has 1 aliphatic rings. The summed E-state index contributed by atoms with van der Waals surface area (Å²) in [6, 6.07) is 10.4. The molecule has 0 aliphatic carbocycles. The molecule has 1 amide bonds. The van der Waals surface area contributed by atoms with Crippen LogP contribution in [0.15, 0.2) is 53.7 Å². The summed E-state index contributed by atoms with van der Waals surface area (Å²) in [4.78, 5) is 27.5. The number of nitrogens with zero attached hydrogens (tertiary/aromatic N) is 1. The van der Waals surface area contributed by atoms with E-state index in [9.17, 15) is 18.4 Å². The van der Waals surface area contributed by atoms with Crippen molar-refractivity contribution in [2.45, 2.75) is 39.7 Å². The predicted molar refractivity (Wildman–Crippen MR) is 116 cm³/mol. The van der Waals surface area contributed by atoms with Crippen molar-refractivity contribution in [1.82, 2.24) is 4.90 Å². The van der Waals surface area contributed by atoms with Crippen LogP contribution in [-0.4, -0.2) is 30.5 Å². The number of halogens is 2. The molecular formula is C25H27F2NO4. The van der Waals surface area contributed by atoms with Crippen molar-refractivity contribution in [2.24, 2.45) is 5.92 Å². The van der Waals surface area contributed by atoms with Gasteiger partial charge in [-0.2, -0.15) is 0 Å². The number of benzene rings is 2. The van der Waals surface area contributed by atoms with Crippen LogP contribution in [-0.2, 0) is 20.9 Å². The minimum Gasteiger partial charge on any atom is -0.497 e. The van der Waals surface area contributed by atoms with Gasteiger partial charge in [0.25, 0.3) is 0 Å². The maximum absolute atomic E-state index is 14.3. The normalized spacial score (nSPS) is 16.5. The summed E-state index contributed by atoms with van der Waals surface area (Å²) in [5.74, 6) is -1.99. The fraction of sp³-hybridized carbons (Fsp3) is 0.360. The zero-order valence-electron chi connectivity index (χ0n) is 18.7. The van der Waals surface area contributed by atoms with Crippen LogP contribution in [0.2, 0.25) is 0 Å². The van der Waals surface area contributed by atoms with Gasteiger partial charge >= 0.3 is 5.97 Å². The minimum atomic E-state index is -0.746. The van der Waals surface area contributed by atoms with E-state index < -0.39 is 23.5 Å². The second-order valence-corrected chi connectivity index (χ2v) is 8.24. The van der Waals surface area contributed by atoms with Gasteiger partial charge in [-0.15, -0.1) is 0 Å². The van der Waals surface area contributed by atoms with E-state index in [-0.39, 0.29) is 37.0 Å². The highest BCUT2D eigenvalue weighted by Crippen LogP contribution is 2.38. The number of rotatable bonds is 7. The molecule has 1 heterocycles. The Labute approximate surface area is 186 Å². The lowest BCUT2D eigenvalue weighted by molar-refractivity contribution is -0.141. The van der Waals surface area contributed by atoms with Crippen LogP contribution in [0.25, 0.3) is 0 Å². The molecule has 1 atom stereocenters. The summed E-state index contributed by atoms with van der Waals surface area (Å²) < 4.78 is 38.3. The van der Waals surface area contributed by atoms with E-state index in [1.165, 1.54) is 11.0 Å². The Morgan fingerprint density at radius 3 is 2.59 bits per heavy atom. The van der Waals surface area contributed by atoms with E-state index in [0.29, 0.717) is 17.0 Å². The summed E-state index contributed by atoms with van der Waals surface area (Å²) in [6.45, 7) is 5.64. The molecule has 170 valence electrons. The third-order valence-corrected chi connectivity index (χ3v) is 5.43. The van der Waals surface area contributed by atoms with Gasteiger partial charge in [-0.05, 0) is 36.6 Å². The fourth-order valence-electron chi connectivity index (χ4n) is 3.75. The Kier molecular flexibility index (Phi) is 7.28. The average molecular weight is 443 g/mol. The van der Waals surface area contributed by atoms with E-state index in [2.05, 4.69) is 0 Å².